The van der Waals surface area contributed by atoms with Crippen LogP contribution in [0, 0.1) is 11.2 Å². The zero-order valence-electron chi connectivity index (χ0n) is 13.4. The molecule has 0 radical (unpaired) electrons. The number of amides is 2. The van der Waals surface area contributed by atoms with Crippen LogP contribution in [0.4, 0.5) is 4.39 Å². The summed E-state index contributed by atoms with van der Waals surface area (Å²) in [6.45, 7) is 7.69. The minimum Gasteiger partial charge on any atom is -0.347 e. The van der Waals surface area contributed by atoms with Crippen molar-refractivity contribution >= 4 is 27.7 Å². The normalized spacial score (nSPS) is 11.2. The molecule has 0 saturated carbocycles. The van der Waals surface area contributed by atoms with E-state index in [9.17, 15) is 14.0 Å². The molecule has 4 nitrogen and oxygen atoms in total. The molecule has 1 N–H and O–H groups in total. The second kappa shape index (κ2) is 7.72. The van der Waals surface area contributed by atoms with E-state index in [0.29, 0.717) is 12.1 Å². The van der Waals surface area contributed by atoms with E-state index in [0.717, 1.165) is 4.47 Å². The third-order valence-corrected chi connectivity index (χ3v) is 3.68. The van der Waals surface area contributed by atoms with Crippen molar-refractivity contribution in [1.82, 2.24) is 10.2 Å². The smallest absolute Gasteiger partial charge is 0.242 e. The molecule has 122 valence electrons. The summed E-state index contributed by atoms with van der Waals surface area (Å²) in [5.74, 6) is -0.779. The zero-order chi connectivity index (χ0) is 16.9. The Morgan fingerprint density at radius 3 is 2.50 bits per heavy atom. The SMILES string of the molecule is CCN(Cc1cc(Br)ccc1F)C(=O)CNC(=O)C(C)(C)C. The molecule has 0 aromatic heterocycles. The van der Waals surface area contributed by atoms with Gasteiger partial charge in [0.1, 0.15) is 5.82 Å². The summed E-state index contributed by atoms with van der Waals surface area (Å²) in [7, 11) is 0. The molecule has 1 aromatic rings. The van der Waals surface area contributed by atoms with E-state index < -0.39 is 5.41 Å². The zero-order valence-corrected chi connectivity index (χ0v) is 15.0. The lowest BCUT2D eigenvalue weighted by atomic mass is 9.96. The fourth-order valence-electron chi connectivity index (χ4n) is 1.78. The summed E-state index contributed by atoms with van der Waals surface area (Å²) < 4.78 is 14.5. The molecule has 22 heavy (non-hydrogen) atoms. The van der Waals surface area contributed by atoms with Crippen molar-refractivity contribution in [2.24, 2.45) is 5.41 Å². The molecule has 1 aromatic carbocycles. The van der Waals surface area contributed by atoms with Gasteiger partial charge in [0.2, 0.25) is 11.8 Å². The van der Waals surface area contributed by atoms with Crippen molar-refractivity contribution in [2.45, 2.75) is 34.2 Å². The number of hydrogen-bond acceptors (Lipinski definition) is 2. The molecule has 0 aliphatic rings. The van der Waals surface area contributed by atoms with Crippen molar-refractivity contribution < 1.29 is 14.0 Å². The first-order valence-electron chi connectivity index (χ1n) is 7.15. The lowest BCUT2D eigenvalue weighted by Gasteiger charge is -2.23. The summed E-state index contributed by atoms with van der Waals surface area (Å²) >= 11 is 3.29. The number of hydrogen-bond donors (Lipinski definition) is 1. The summed E-state index contributed by atoms with van der Waals surface area (Å²) in [5, 5.41) is 2.62. The monoisotopic (exact) mass is 372 g/mol. The Morgan fingerprint density at radius 1 is 1.32 bits per heavy atom. The Labute approximate surface area is 139 Å². The quantitative estimate of drug-likeness (QED) is 0.862. The van der Waals surface area contributed by atoms with E-state index >= 15 is 0 Å². The minimum absolute atomic E-state index is 0.0838. The molecular weight excluding hydrogens is 351 g/mol. The highest BCUT2D eigenvalue weighted by Crippen LogP contribution is 2.17. The molecule has 0 bridgehead atoms. The van der Waals surface area contributed by atoms with E-state index in [1.165, 1.54) is 11.0 Å². The molecule has 0 atom stereocenters. The number of rotatable bonds is 5. The molecular formula is C16H22BrFN2O2. The summed E-state index contributed by atoms with van der Waals surface area (Å²) in [4.78, 5) is 25.5. The van der Waals surface area contributed by atoms with Crippen LogP contribution < -0.4 is 5.32 Å². The van der Waals surface area contributed by atoms with E-state index in [1.807, 2.05) is 6.92 Å². The van der Waals surface area contributed by atoms with Crippen LogP contribution in [-0.4, -0.2) is 29.8 Å². The highest BCUT2D eigenvalue weighted by molar-refractivity contribution is 9.10. The fourth-order valence-corrected chi connectivity index (χ4v) is 2.19. The maximum atomic E-state index is 13.8. The van der Waals surface area contributed by atoms with Crippen molar-refractivity contribution in [2.75, 3.05) is 13.1 Å². The lowest BCUT2D eigenvalue weighted by Crippen LogP contribution is -2.43. The second-order valence-corrected chi connectivity index (χ2v) is 6.99. The maximum absolute atomic E-state index is 13.8. The van der Waals surface area contributed by atoms with Crippen LogP contribution in [-0.2, 0) is 16.1 Å². The fraction of sp³-hybridized carbons (Fsp3) is 0.500. The summed E-state index contributed by atoms with van der Waals surface area (Å²) in [6, 6.07) is 4.62. The molecule has 0 unspecified atom stereocenters. The van der Waals surface area contributed by atoms with Gasteiger partial charge in [0.15, 0.2) is 0 Å². The van der Waals surface area contributed by atoms with Gasteiger partial charge >= 0.3 is 0 Å². The van der Waals surface area contributed by atoms with Gasteiger partial charge in [-0.3, -0.25) is 9.59 Å². The van der Waals surface area contributed by atoms with Crippen LogP contribution in [0.25, 0.3) is 0 Å². The molecule has 0 heterocycles. The van der Waals surface area contributed by atoms with Crippen LogP contribution in [0.1, 0.15) is 33.3 Å². The number of carbonyl (C=O) groups excluding carboxylic acids is 2. The lowest BCUT2D eigenvalue weighted by molar-refractivity contribution is -0.135. The largest absolute Gasteiger partial charge is 0.347 e. The van der Waals surface area contributed by atoms with Gasteiger partial charge in [0.05, 0.1) is 6.54 Å². The third kappa shape index (κ3) is 5.40. The average molecular weight is 373 g/mol. The Balaban J connectivity index is 2.69. The Hall–Kier alpha value is -1.43. The van der Waals surface area contributed by atoms with Crippen LogP contribution in [0.2, 0.25) is 0 Å². The van der Waals surface area contributed by atoms with Gasteiger partial charge in [0.25, 0.3) is 0 Å². The van der Waals surface area contributed by atoms with Crippen LogP contribution >= 0.6 is 15.9 Å². The highest BCUT2D eigenvalue weighted by Gasteiger charge is 2.22. The van der Waals surface area contributed by atoms with Gasteiger partial charge in [-0.1, -0.05) is 36.7 Å². The summed E-state index contributed by atoms with van der Waals surface area (Å²) in [6.07, 6.45) is 0. The van der Waals surface area contributed by atoms with Crippen molar-refractivity contribution in [3.8, 4) is 0 Å². The van der Waals surface area contributed by atoms with Crippen LogP contribution in [0.15, 0.2) is 22.7 Å². The van der Waals surface area contributed by atoms with Gasteiger partial charge in [-0.05, 0) is 25.1 Å². The standard InChI is InChI=1S/C16H22BrFN2O2/c1-5-20(10-11-8-12(17)6-7-13(11)18)14(21)9-19-15(22)16(2,3)4/h6-8H,5,9-10H2,1-4H3,(H,19,22). The Morgan fingerprint density at radius 2 is 1.95 bits per heavy atom. The van der Waals surface area contributed by atoms with Gasteiger partial charge in [-0.15, -0.1) is 0 Å². The maximum Gasteiger partial charge on any atom is 0.242 e. The molecule has 2 amide bonds. The van der Waals surface area contributed by atoms with E-state index in [2.05, 4.69) is 21.2 Å². The number of nitrogens with zero attached hydrogens (tertiary/aromatic N) is 1. The van der Waals surface area contributed by atoms with Gasteiger partial charge < -0.3 is 10.2 Å². The minimum atomic E-state index is -0.548. The van der Waals surface area contributed by atoms with Crippen LogP contribution in [0.5, 0.6) is 0 Å². The Bertz CT molecular complexity index is 556. The number of halogens is 2. The van der Waals surface area contributed by atoms with E-state index in [1.54, 1.807) is 32.9 Å². The number of likely N-dealkylation sites (N-methyl/N-ethyl adjacent to an activating group) is 1. The Kier molecular flexibility index (Phi) is 6.53. The summed E-state index contributed by atoms with van der Waals surface area (Å²) in [5.41, 5.74) is -0.111. The number of nitrogens with one attached hydrogen (secondary N) is 1. The second-order valence-electron chi connectivity index (χ2n) is 6.08. The molecule has 0 aliphatic heterocycles. The average Bonchev–Trinajstić information content (AvgIpc) is 2.44. The molecule has 0 spiro atoms. The first kappa shape index (κ1) is 18.6. The molecule has 0 fully saturated rings. The molecule has 0 aliphatic carbocycles. The molecule has 1 rings (SSSR count). The third-order valence-electron chi connectivity index (χ3n) is 3.18. The first-order chi connectivity index (χ1) is 10.1. The molecule has 0 saturated heterocycles. The topological polar surface area (TPSA) is 49.4 Å². The number of carbonyl (C=O) groups is 2. The highest BCUT2D eigenvalue weighted by atomic mass is 79.9. The predicted octanol–water partition coefficient (Wildman–Crippen LogP) is 3.10. The van der Waals surface area contributed by atoms with Crippen molar-refractivity contribution in [3.63, 3.8) is 0 Å². The van der Waals surface area contributed by atoms with Crippen molar-refractivity contribution in [3.05, 3.63) is 34.1 Å². The first-order valence-corrected chi connectivity index (χ1v) is 7.94. The van der Waals surface area contributed by atoms with E-state index in [-0.39, 0.29) is 30.7 Å². The van der Waals surface area contributed by atoms with Crippen molar-refractivity contribution in [1.29, 1.82) is 0 Å². The van der Waals surface area contributed by atoms with Gasteiger partial charge in [-0.25, -0.2) is 4.39 Å². The molecule has 6 heteroatoms. The van der Waals surface area contributed by atoms with Gasteiger partial charge in [0, 0.05) is 28.5 Å². The predicted molar refractivity (Wildman–Crippen MR) is 87.7 cm³/mol. The van der Waals surface area contributed by atoms with Gasteiger partial charge in [-0.2, -0.15) is 0 Å². The van der Waals surface area contributed by atoms with E-state index in [4.69, 9.17) is 0 Å². The van der Waals surface area contributed by atoms with Crippen LogP contribution in [0.3, 0.4) is 0 Å². The number of benzene rings is 1.